The fourth-order valence-electron chi connectivity index (χ4n) is 1.06. The van der Waals surface area contributed by atoms with Crippen molar-refractivity contribution in [1.82, 2.24) is 5.32 Å². The Hall–Kier alpha value is -1.79. The molecule has 0 saturated heterocycles. The van der Waals surface area contributed by atoms with E-state index in [0.717, 1.165) is 0 Å². The summed E-state index contributed by atoms with van der Waals surface area (Å²) in [6, 6.07) is 3.88. The van der Waals surface area contributed by atoms with Crippen LogP contribution < -0.4 is 5.32 Å². The van der Waals surface area contributed by atoms with E-state index in [1.807, 2.05) is 0 Å². The van der Waals surface area contributed by atoms with Crippen LogP contribution in [0, 0.1) is 0 Å². The highest BCUT2D eigenvalue weighted by Crippen LogP contribution is 2.21. The molecule has 1 atom stereocenters. The molecule has 17 heavy (non-hydrogen) atoms. The number of phenols is 1. The van der Waals surface area contributed by atoms with Crippen molar-refractivity contribution in [3.05, 3.63) is 28.8 Å². The molecule has 6 nitrogen and oxygen atoms in total. The van der Waals surface area contributed by atoms with Gasteiger partial charge in [-0.3, -0.25) is 4.79 Å². The van der Waals surface area contributed by atoms with Gasteiger partial charge in [-0.05, 0) is 18.2 Å². The van der Waals surface area contributed by atoms with E-state index in [1.165, 1.54) is 18.2 Å². The van der Waals surface area contributed by atoms with E-state index in [4.69, 9.17) is 21.8 Å². The fourth-order valence-corrected chi connectivity index (χ4v) is 1.23. The first kappa shape index (κ1) is 13.3. The van der Waals surface area contributed by atoms with Crippen molar-refractivity contribution in [3.8, 4) is 5.75 Å². The van der Waals surface area contributed by atoms with Gasteiger partial charge in [-0.15, -0.1) is 0 Å². The lowest BCUT2D eigenvalue weighted by molar-refractivity contribution is -0.146. The van der Waals surface area contributed by atoms with Crippen LogP contribution in [0.1, 0.15) is 10.4 Å². The highest BCUT2D eigenvalue weighted by atomic mass is 35.5. The zero-order chi connectivity index (χ0) is 13.0. The summed E-state index contributed by atoms with van der Waals surface area (Å²) in [5.74, 6) is -2.44. The van der Waals surface area contributed by atoms with Crippen LogP contribution in [0.15, 0.2) is 18.2 Å². The Morgan fingerprint density at radius 2 is 2.06 bits per heavy atom. The molecular formula is C10H10ClNO5. The number of amides is 1. The first-order valence-electron chi connectivity index (χ1n) is 4.59. The van der Waals surface area contributed by atoms with Gasteiger partial charge < -0.3 is 20.6 Å². The minimum absolute atomic E-state index is 0.0879. The predicted molar refractivity (Wildman–Crippen MR) is 59.1 cm³/mol. The van der Waals surface area contributed by atoms with Crippen molar-refractivity contribution in [2.24, 2.45) is 0 Å². The van der Waals surface area contributed by atoms with Crippen LogP contribution >= 0.6 is 11.6 Å². The number of hydrogen-bond donors (Lipinski definition) is 4. The number of aromatic hydroxyl groups is 1. The molecule has 0 aliphatic carbocycles. The molecule has 0 heterocycles. The third kappa shape index (κ3) is 3.61. The maximum absolute atomic E-state index is 11.5. The summed E-state index contributed by atoms with van der Waals surface area (Å²) in [6.45, 7) is -0.458. The van der Waals surface area contributed by atoms with E-state index < -0.39 is 24.5 Å². The Kier molecular flexibility index (Phi) is 4.30. The zero-order valence-electron chi connectivity index (χ0n) is 8.55. The highest BCUT2D eigenvalue weighted by Gasteiger charge is 2.16. The lowest BCUT2D eigenvalue weighted by Crippen LogP contribution is -2.36. The summed E-state index contributed by atoms with van der Waals surface area (Å²) in [7, 11) is 0. The Labute approximate surface area is 101 Å². The maximum Gasteiger partial charge on any atom is 0.334 e. The lowest BCUT2D eigenvalue weighted by atomic mass is 10.2. The molecule has 0 bridgehead atoms. The first-order chi connectivity index (χ1) is 7.91. The van der Waals surface area contributed by atoms with Crippen LogP contribution in [0.3, 0.4) is 0 Å². The topological polar surface area (TPSA) is 107 Å². The number of phenolic OH excluding ortho intramolecular Hbond substituents is 1. The van der Waals surface area contributed by atoms with Gasteiger partial charge in [-0.25, -0.2) is 4.79 Å². The minimum atomic E-state index is -1.69. The number of benzene rings is 1. The monoisotopic (exact) mass is 259 g/mol. The number of rotatable bonds is 4. The van der Waals surface area contributed by atoms with E-state index in [1.54, 1.807) is 0 Å². The van der Waals surface area contributed by atoms with Crippen LogP contribution in [0.4, 0.5) is 0 Å². The van der Waals surface area contributed by atoms with Gasteiger partial charge in [0.25, 0.3) is 5.91 Å². The van der Waals surface area contributed by atoms with Crippen LogP contribution in [-0.4, -0.2) is 39.8 Å². The summed E-state index contributed by atoms with van der Waals surface area (Å²) in [5.41, 5.74) is -0.0879. The molecule has 0 spiro atoms. The molecule has 1 aromatic rings. The van der Waals surface area contributed by atoms with E-state index in [0.29, 0.717) is 0 Å². The SMILES string of the molecule is O=C(NC[C@H](O)C(=O)O)c1cc(Cl)ccc1O. The number of carbonyl (C=O) groups excluding carboxylic acids is 1. The maximum atomic E-state index is 11.5. The Morgan fingerprint density at radius 3 is 2.65 bits per heavy atom. The molecule has 4 N–H and O–H groups in total. The van der Waals surface area contributed by atoms with Gasteiger partial charge in [0.15, 0.2) is 6.10 Å². The number of aliphatic carboxylic acids is 1. The Morgan fingerprint density at radius 1 is 1.41 bits per heavy atom. The Bertz CT molecular complexity index is 448. The predicted octanol–water partition coefficient (Wildman–Crippen LogP) is 0.221. The number of carboxylic acid groups (broad SMARTS) is 1. The second kappa shape index (κ2) is 5.51. The average molecular weight is 260 g/mol. The summed E-state index contributed by atoms with van der Waals surface area (Å²) < 4.78 is 0. The summed E-state index contributed by atoms with van der Waals surface area (Å²) in [4.78, 5) is 21.8. The fraction of sp³-hybridized carbons (Fsp3) is 0.200. The van der Waals surface area contributed by atoms with E-state index in [9.17, 15) is 14.7 Å². The average Bonchev–Trinajstić information content (AvgIpc) is 2.28. The molecule has 0 aliphatic rings. The molecule has 1 aromatic carbocycles. The van der Waals surface area contributed by atoms with Crippen molar-refractivity contribution >= 4 is 23.5 Å². The number of aliphatic hydroxyl groups is 1. The highest BCUT2D eigenvalue weighted by molar-refractivity contribution is 6.31. The van der Waals surface area contributed by atoms with Crippen molar-refractivity contribution in [2.75, 3.05) is 6.54 Å². The number of halogens is 1. The van der Waals surface area contributed by atoms with Crippen molar-refractivity contribution in [3.63, 3.8) is 0 Å². The summed E-state index contributed by atoms with van der Waals surface area (Å²) in [6.07, 6.45) is -1.69. The molecule has 92 valence electrons. The second-order valence-electron chi connectivity index (χ2n) is 3.23. The van der Waals surface area contributed by atoms with E-state index >= 15 is 0 Å². The van der Waals surface area contributed by atoms with E-state index in [-0.39, 0.29) is 16.3 Å². The van der Waals surface area contributed by atoms with Gasteiger partial charge in [-0.2, -0.15) is 0 Å². The molecular weight excluding hydrogens is 250 g/mol. The number of carboxylic acids is 1. The molecule has 0 unspecified atom stereocenters. The molecule has 7 heteroatoms. The molecule has 0 aliphatic heterocycles. The van der Waals surface area contributed by atoms with Gasteiger partial charge >= 0.3 is 5.97 Å². The summed E-state index contributed by atoms with van der Waals surface area (Å²) >= 11 is 5.64. The molecule has 1 amide bonds. The van der Waals surface area contributed by atoms with Gasteiger partial charge in [0, 0.05) is 5.02 Å². The minimum Gasteiger partial charge on any atom is -0.507 e. The molecule has 0 aromatic heterocycles. The molecule has 0 radical (unpaired) electrons. The number of nitrogens with one attached hydrogen (secondary N) is 1. The standard InChI is InChI=1S/C10H10ClNO5/c11-5-1-2-7(13)6(3-5)9(15)12-4-8(14)10(16)17/h1-3,8,13-14H,4H2,(H,12,15)(H,16,17)/t8-/m0/s1. The Balaban J connectivity index is 2.70. The normalized spacial score (nSPS) is 11.9. The van der Waals surface area contributed by atoms with Crippen molar-refractivity contribution in [1.29, 1.82) is 0 Å². The lowest BCUT2D eigenvalue weighted by Gasteiger charge is -2.09. The quantitative estimate of drug-likeness (QED) is 0.619. The summed E-state index contributed by atoms with van der Waals surface area (Å²) in [5, 5.41) is 29.1. The molecule has 0 saturated carbocycles. The van der Waals surface area contributed by atoms with Crippen LogP contribution in [0.2, 0.25) is 5.02 Å². The number of aliphatic hydroxyl groups excluding tert-OH is 1. The smallest absolute Gasteiger partial charge is 0.334 e. The van der Waals surface area contributed by atoms with Crippen LogP contribution in [0.25, 0.3) is 0 Å². The molecule has 1 rings (SSSR count). The second-order valence-corrected chi connectivity index (χ2v) is 3.66. The zero-order valence-corrected chi connectivity index (χ0v) is 9.31. The number of hydrogen-bond acceptors (Lipinski definition) is 4. The van der Waals surface area contributed by atoms with Crippen LogP contribution in [0.5, 0.6) is 5.75 Å². The third-order valence-corrected chi connectivity index (χ3v) is 2.18. The molecule has 0 fully saturated rings. The largest absolute Gasteiger partial charge is 0.507 e. The third-order valence-electron chi connectivity index (χ3n) is 1.94. The number of carbonyl (C=O) groups is 2. The van der Waals surface area contributed by atoms with Gasteiger partial charge in [0.05, 0.1) is 12.1 Å². The van der Waals surface area contributed by atoms with Gasteiger partial charge in [0.2, 0.25) is 0 Å². The van der Waals surface area contributed by atoms with Gasteiger partial charge in [-0.1, -0.05) is 11.6 Å². The van der Waals surface area contributed by atoms with E-state index in [2.05, 4.69) is 5.32 Å². The van der Waals surface area contributed by atoms with Crippen LogP contribution in [-0.2, 0) is 4.79 Å². The van der Waals surface area contributed by atoms with Crippen molar-refractivity contribution < 1.29 is 24.9 Å². The first-order valence-corrected chi connectivity index (χ1v) is 4.97. The van der Waals surface area contributed by atoms with Gasteiger partial charge in [0.1, 0.15) is 5.75 Å². The van der Waals surface area contributed by atoms with Crippen molar-refractivity contribution in [2.45, 2.75) is 6.10 Å².